The Labute approximate surface area is 155 Å². The highest BCUT2D eigenvalue weighted by Gasteiger charge is 2.03. The van der Waals surface area contributed by atoms with E-state index in [1.165, 1.54) is 11.3 Å². The number of carbonyl (C=O) groups is 1. The van der Waals surface area contributed by atoms with Gasteiger partial charge in [0.15, 0.2) is 6.61 Å². The summed E-state index contributed by atoms with van der Waals surface area (Å²) < 4.78 is 5.48. The van der Waals surface area contributed by atoms with E-state index in [1.54, 1.807) is 6.21 Å². The molecule has 138 valence electrons. The molecule has 0 radical (unpaired) electrons. The number of rotatable bonds is 8. The third kappa shape index (κ3) is 5.62. The Kier molecular flexibility index (Phi) is 7.21. The monoisotopic (exact) mass is 353 g/mol. The van der Waals surface area contributed by atoms with Crippen molar-refractivity contribution in [3.8, 4) is 5.75 Å². The Balaban J connectivity index is 1.81. The van der Waals surface area contributed by atoms with Gasteiger partial charge in [-0.2, -0.15) is 5.10 Å². The summed E-state index contributed by atoms with van der Waals surface area (Å²) in [7, 11) is 0. The molecule has 0 aliphatic rings. The van der Waals surface area contributed by atoms with Crippen molar-refractivity contribution in [1.29, 1.82) is 0 Å². The van der Waals surface area contributed by atoms with Crippen LogP contribution in [0.15, 0.2) is 47.6 Å². The van der Waals surface area contributed by atoms with Crippen molar-refractivity contribution in [2.24, 2.45) is 5.10 Å². The van der Waals surface area contributed by atoms with Crippen molar-refractivity contribution in [2.75, 3.05) is 24.6 Å². The molecule has 0 fully saturated rings. The molecule has 0 atom stereocenters. The van der Waals surface area contributed by atoms with Crippen LogP contribution in [0.25, 0.3) is 0 Å². The normalized spacial score (nSPS) is 10.8. The van der Waals surface area contributed by atoms with Crippen LogP contribution in [0.3, 0.4) is 0 Å². The molecule has 2 rings (SSSR count). The zero-order valence-electron chi connectivity index (χ0n) is 16.0. The van der Waals surface area contributed by atoms with Gasteiger partial charge in [-0.05, 0) is 68.7 Å². The highest BCUT2D eigenvalue weighted by atomic mass is 16.5. The minimum Gasteiger partial charge on any atom is -0.484 e. The molecule has 2 aromatic rings. The predicted molar refractivity (Wildman–Crippen MR) is 107 cm³/mol. The molecule has 26 heavy (non-hydrogen) atoms. The average molecular weight is 353 g/mol. The summed E-state index contributed by atoms with van der Waals surface area (Å²) in [6.07, 6.45) is 1.62. The lowest BCUT2D eigenvalue weighted by Gasteiger charge is -2.20. The molecular formula is C21H27N3O2. The van der Waals surface area contributed by atoms with Gasteiger partial charge in [0.2, 0.25) is 0 Å². The molecule has 0 spiro atoms. The predicted octanol–water partition coefficient (Wildman–Crippen LogP) is 3.68. The third-order valence-electron chi connectivity index (χ3n) is 4.27. The van der Waals surface area contributed by atoms with Crippen LogP contribution in [0.4, 0.5) is 5.69 Å². The fourth-order valence-electron chi connectivity index (χ4n) is 2.52. The summed E-state index contributed by atoms with van der Waals surface area (Å²) in [5.41, 5.74) is 6.91. The SMILES string of the molecule is CCN(CC)c1ccc(C=NNC(=O)COc2ccc(C)c(C)c2)cc1. The number of amides is 1. The van der Waals surface area contributed by atoms with E-state index in [-0.39, 0.29) is 12.5 Å². The summed E-state index contributed by atoms with van der Waals surface area (Å²) in [4.78, 5) is 14.1. The minimum atomic E-state index is -0.292. The Morgan fingerprint density at radius 3 is 2.38 bits per heavy atom. The molecule has 0 bridgehead atoms. The van der Waals surface area contributed by atoms with Gasteiger partial charge in [-0.3, -0.25) is 4.79 Å². The lowest BCUT2D eigenvalue weighted by atomic mass is 10.1. The molecule has 0 heterocycles. The minimum absolute atomic E-state index is 0.0687. The Morgan fingerprint density at radius 1 is 1.08 bits per heavy atom. The average Bonchev–Trinajstić information content (AvgIpc) is 2.65. The lowest BCUT2D eigenvalue weighted by molar-refractivity contribution is -0.123. The van der Waals surface area contributed by atoms with E-state index in [0.29, 0.717) is 5.75 Å². The maximum absolute atomic E-state index is 11.8. The number of nitrogens with one attached hydrogen (secondary N) is 1. The number of hydrogen-bond donors (Lipinski definition) is 1. The summed E-state index contributed by atoms with van der Waals surface area (Å²) in [6, 6.07) is 13.8. The number of aryl methyl sites for hydroxylation is 2. The zero-order valence-corrected chi connectivity index (χ0v) is 16.0. The van der Waals surface area contributed by atoms with Crippen LogP contribution in [-0.4, -0.2) is 31.8 Å². The molecule has 0 saturated carbocycles. The molecule has 2 aromatic carbocycles. The maximum Gasteiger partial charge on any atom is 0.277 e. The van der Waals surface area contributed by atoms with Gasteiger partial charge in [0.25, 0.3) is 5.91 Å². The van der Waals surface area contributed by atoms with Crippen molar-refractivity contribution in [2.45, 2.75) is 27.7 Å². The van der Waals surface area contributed by atoms with E-state index in [0.717, 1.165) is 24.2 Å². The Morgan fingerprint density at radius 2 is 1.77 bits per heavy atom. The van der Waals surface area contributed by atoms with E-state index in [9.17, 15) is 4.79 Å². The second-order valence-corrected chi connectivity index (χ2v) is 6.09. The largest absolute Gasteiger partial charge is 0.484 e. The molecule has 0 aliphatic carbocycles. The number of benzene rings is 2. The van der Waals surface area contributed by atoms with Crippen LogP contribution < -0.4 is 15.1 Å². The van der Waals surface area contributed by atoms with Crippen molar-refractivity contribution in [3.05, 3.63) is 59.2 Å². The molecule has 5 heteroatoms. The Hall–Kier alpha value is -2.82. The van der Waals surface area contributed by atoms with Crippen molar-refractivity contribution in [3.63, 3.8) is 0 Å². The molecular weight excluding hydrogens is 326 g/mol. The van der Waals surface area contributed by atoms with Crippen LogP contribution in [0.5, 0.6) is 5.75 Å². The van der Waals surface area contributed by atoms with Crippen molar-refractivity contribution in [1.82, 2.24) is 5.43 Å². The van der Waals surface area contributed by atoms with Gasteiger partial charge >= 0.3 is 0 Å². The second kappa shape index (κ2) is 9.61. The van der Waals surface area contributed by atoms with E-state index in [2.05, 4.69) is 41.4 Å². The van der Waals surface area contributed by atoms with E-state index >= 15 is 0 Å². The van der Waals surface area contributed by atoms with Crippen LogP contribution in [0.1, 0.15) is 30.5 Å². The fourth-order valence-corrected chi connectivity index (χ4v) is 2.52. The van der Waals surface area contributed by atoms with Gasteiger partial charge in [0, 0.05) is 18.8 Å². The van der Waals surface area contributed by atoms with Crippen LogP contribution in [-0.2, 0) is 4.79 Å². The van der Waals surface area contributed by atoms with Gasteiger partial charge in [-0.25, -0.2) is 5.43 Å². The second-order valence-electron chi connectivity index (χ2n) is 6.09. The molecule has 0 aromatic heterocycles. The van der Waals surface area contributed by atoms with Gasteiger partial charge in [0.05, 0.1) is 6.21 Å². The molecule has 1 N–H and O–H groups in total. The summed E-state index contributed by atoms with van der Waals surface area (Å²) >= 11 is 0. The highest BCUT2D eigenvalue weighted by Crippen LogP contribution is 2.16. The number of nitrogens with zero attached hydrogens (tertiary/aromatic N) is 2. The third-order valence-corrected chi connectivity index (χ3v) is 4.27. The first kappa shape index (κ1) is 19.5. The molecule has 0 unspecified atom stereocenters. The smallest absolute Gasteiger partial charge is 0.277 e. The van der Waals surface area contributed by atoms with E-state index in [1.807, 2.05) is 44.2 Å². The van der Waals surface area contributed by atoms with Crippen molar-refractivity contribution >= 4 is 17.8 Å². The number of hydrogen-bond acceptors (Lipinski definition) is 4. The summed E-state index contributed by atoms with van der Waals surface area (Å²) in [5, 5.41) is 3.98. The standard InChI is InChI=1S/C21H27N3O2/c1-5-24(6-2)19-10-8-18(9-11-19)14-22-23-21(25)15-26-20-12-7-16(3)17(4)13-20/h7-14H,5-6,15H2,1-4H3,(H,23,25). The highest BCUT2D eigenvalue weighted by molar-refractivity contribution is 5.83. The quantitative estimate of drug-likeness (QED) is 0.582. The van der Waals surface area contributed by atoms with Gasteiger partial charge < -0.3 is 9.64 Å². The first-order valence-corrected chi connectivity index (χ1v) is 8.90. The van der Waals surface area contributed by atoms with Gasteiger partial charge in [-0.1, -0.05) is 18.2 Å². The first-order chi connectivity index (χ1) is 12.5. The molecule has 0 aliphatic heterocycles. The number of carbonyl (C=O) groups excluding carboxylic acids is 1. The Bertz CT molecular complexity index is 750. The topological polar surface area (TPSA) is 53.9 Å². The van der Waals surface area contributed by atoms with Gasteiger partial charge in [0.1, 0.15) is 5.75 Å². The molecule has 5 nitrogen and oxygen atoms in total. The zero-order chi connectivity index (χ0) is 18.9. The van der Waals surface area contributed by atoms with Crippen molar-refractivity contribution < 1.29 is 9.53 Å². The number of hydrazone groups is 1. The van der Waals surface area contributed by atoms with Crippen LogP contribution in [0.2, 0.25) is 0 Å². The van der Waals surface area contributed by atoms with E-state index < -0.39 is 0 Å². The molecule has 0 saturated heterocycles. The van der Waals surface area contributed by atoms with Crippen LogP contribution >= 0.6 is 0 Å². The fraction of sp³-hybridized carbons (Fsp3) is 0.333. The summed E-state index contributed by atoms with van der Waals surface area (Å²) in [6.45, 7) is 10.2. The summed E-state index contributed by atoms with van der Waals surface area (Å²) in [5.74, 6) is 0.387. The lowest BCUT2D eigenvalue weighted by Crippen LogP contribution is -2.24. The number of ether oxygens (including phenoxy) is 1. The van der Waals surface area contributed by atoms with E-state index in [4.69, 9.17) is 4.74 Å². The molecule has 1 amide bonds. The number of anilines is 1. The first-order valence-electron chi connectivity index (χ1n) is 8.90. The van der Waals surface area contributed by atoms with Crippen LogP contribution in [0, 0.1) is 13.8 Å². The maximum atomic E-state index is 11.8. The van der Waals surface area contributed by atoms with Gasteiger partial charge in [-0.15, -0.1) is 0 Å².